The standard InChI is InChI=1S/C21H25N5O3/c27-13-21(10-23-11-21)19(29)26-8-2-5-20(12-26)6-4-15-16(20)24-17(25-18(15)28)14-3-1-7-22-9-14/h1,3,7,9,23,27H,2,4-6,8,10-13H2,(H,24,25,28). The van der Waals surface area contributed by atoms with Gasteiger partial charge in [-0.15, -0.1) is 0 Å². The normalized spacial score (nSPS) is 24.9. The van der Waals surface area contributed by atoms with E-state index in [9.17, 15) is 14.7 Å². The van der Waals surface area contributed by atoms with E-state index in [1.807, 2.05) is 17.0 Å². The van der Waals surface area contributed by atoms with Crippen molar-refractivity contribution in [2.24, 2.45) is 5.41 Å². The van der Waals surface area contributed by atoms with E-state index in [0.717, 1.165) is 36.1 Å². The van der Waals surface area contributed by atoms with Gasteiger partial charge >= 0.3 is 0 Å². The summed E-state index contributed by atoms with van der Waals surface area (Å²) in [6, 6.07) is 3.70. The number of hydrogen-bond acceptors (Lipinski definition) is 6. The lowest BCUT2D eigenvalue weighted by molar-refractivity contribution is -0.150. The van der Waals surface area contributed by atoms with Crippen LogP contribution in [-0.4, -0.2) is 63.7 Å². The molecule has 8 heteroatoms. The van der Waals surface area contributed by atoms with Crippen LogP contribution in [0.15, 0.2) is 29.3 Å². The number of nitrogens with zero attached hydrogens (tertiary/aromatic N) is 3. The van der Waals surface area contributed by atoms with E-state index in [0.29, 0.717) is 38.4 Å². The van der Waals surface area contributed by atoms with Crippen LogP contribution in [0.25, 0.3) is 11.4 Å². The number of piperidine rings is 1. The fourth-order valence-corrected chi connectivity index (χ4v) is 5.09. The molecule has 152 valence electrons. The molecule has 29 heavy (non-hydrogen) atoms. The zero-order chi connectivity index (χ0) is 20.1. The Hall–Kier alpha value is -2.58. The molecule has 2 fully saturated rings. The van der Waals surface area contributed by atoms with Crippen molar-refractivity contribution in [2.45, 2.75) is 31.1 Å². The number of amides is 1. The summed E-state index contributed by atoms with van der Waals surface area (Å²) in [5, 5.41) is 12.9. The van der Waals surface area contributed by atoms with Gasteiger partial charge in [0, 0.05) is 55.1 Å². The second-order valence-corrected chi connectivity index (χ2v) is 8.64. The molecule has 1 unspecified atom stereocenters. The highest BCUT2D eigenvalue weighted by Crippen LogP contribution is 2.44. The third-order valence-corrected chi connectivity index (χ3v) is 6.85. The molecule has 3 aliphatic rings. The predicted octanol–water partition coefficient (Wildman–Crippen LogP) is 0.220. The lowest BCUT2D eigenvalue weighted by Crippen LogP contribution is -2.65. The van der Waals surface area contributed by atoms with Crippen LogP contribution in [0.4, 0.5) is 0 Å². The van der Waals surface area contributed by atoms with Gasteiger partial charge in [-0.25, -0.2) is 4.98 Å². The van der Waals surface area contributed by atoms with Gasteiger partial charge in [0.05, 0.1) is 17.7 Å². The number of pyridine rings is 1. The van der Waals surface area contributed by atoms with Crippen LogP contribution in [0, 0.1) is 5.41 Å². The van der Waals surface area contributed by atoms with Crippen molar-refractivity contribution in [2.75, 3.05) is 32.8 Å². The molecule has 0 aromatic carbocycles. The van der Waals surface area contributed by atoms with Crippen LogP contribution in [0.2, 0.25) is 0 Å². The van der Waals surface area contributed by atoms with Crippen molar-refractivity contribution in [3.8, 4) is 11.4 Å². The molecule has 4 heterocycles. The summed E-state index contributed by atoms with van der Waals surface area (Å²) in [4.78, 5) is 39.7. The molecule has 1 amide bonds. The fourth-order valence-electron chi connectivity index (χ4n) is 5.09. The molecule has 8 nitrogen and oxygen atoms in total. The Kier molecular flexibility index (Phi) is 4.29. The lowest BCUT2D eigenvalue weighted by Gasteiger charge is -2.47. The highest BCUT2D eigenvalue weighted by molar-refractivity contribution is 5.85. The number of carbonyl (C=O) groups is 1. The summed E-state index contributed by atoms with van der Waals surface area (Å²) in [5.41, 5.74) is 1.28. The second kappa shape index (κ2) is 6.74. The third kappa shape index (κ3) is 2.81. The van der Waals surface area contributed by atoms with Crippen molar-refractivity contribution in [3.05, 3.63) is 46.1 Å². The van der Waals surface area contributed by atoms with Gasteiger partial charge in [-0.05, 0) is 37.8 Å². The van der Waals surface area contributed by atoms with E-state index < -0.39 is 5.41 Å². The minimum atomic E-state index is -0.692. The molecule has 0 bridgehead atoms. The molecule has 5 rings (SSSR count). The molecule has 3 N–H and O–H groups in total. The molecule has 0 radical (unpaired) electrons. The zero-order valence-electron chi connectivity index (χ0n) is 16.3. The van der Waals surface area contributed by atoms with Gasteiger partial charge in [0.1, 0.15) is 5.82 Å². The number of aromatic amines is 1. The molecule has 1 atom stereocenters. The van der Waals surface area contributed by atoms with E-state index in [-0.39, 0.29) is 23.5 Å². The first-order valence-corrected chi connectivity index (χ1v) is 10.2. The van der Waals surface area contributed by atoms with Crippen molar-refractivity contribution >= 4 is 5.91 Å². The number of likely N-dealkylation sites (tertiary alicyclic amines) is 1. The van der Waals surface area contributed by atoms with E-state index in [1.165, 1.54) is 0 Å². The molecule has 2 saturated heterocycles. The lowest BCUT2D eigenvalue weighted by atomic mass is 9.75. The first-order chi connectivity index (χ1) is 14.1. The molecule has 1 aliphatic carbocycles. The predicted molar refractivity (Wildman–Crippen MR) is 106 cm³/mol. The van der Waals surface area contributed by atoms with Crippen molar-refractivity contribution in [3.63, 3.8) is 0 Å². The van der Waals surface area contributed by atoms with Crippen LogP contribution < -0.4 is 10.9 Å². The Balaban J connectivity index is 1.51. The number of H-pyrrole nitrogens is 1. The van der Waals surface area contributed by atoms with Gasteiger partial charge < -0.3 is 20.3 Å². The smallest absolute Gasteiger partial charge is 0.254 e. The van der Waals surface area contributed by atoms with E-state index in [2.05, 4.69) is 15.3 Å². The quantitative estimate of drug-likeness (QED) is 0.686. The molecular weight excluding hydrogens is 370 g/mol. The monoisotopic (exact) mass is 395 g/mol. The summed E-state index contributed by atoms with van der Waals surface area (Å²) in [6.07, 6.45) is 6.67. The molecule has 2 aliphatic heterocycles. The topological polar surface area (TPSA) is 111 Å². The van der Waals surface area contributed by atoms with Gasteiger partial charge in [-0.2, -0.15) is 0 Å². The van der Waals surface area contributed by atoms with Crippen molar-refractivity contribution in [1.29, 1.82) is 0 Å². The molecule has 2 aromatic rings. The van der Waals surface area contributed by atoms with Crippen LogP contribution >= 0.6 is 0 Å². The highest BCUT2D eigenvalue weighted by Gasteiger charge is 2.51. The van der Waals surface area contributed by atoms with Gasteiger partial charge in [-0.3, -0.25) is 14.6 Å². The van der Waals surface area contributed by atoms with Gasteiger partial charge in [0.25, 0.3) is 5.56 Å². The second-order valence-electron chi connectivity index (χ2n) is 8.64. The summed E-state index contributed by atoms with van der Waals surface area (Å²) < 4.78 is 0. The number of hydrogen-bond donors (Lipinski definition) is 3. The molecule has 2 aromatic heterocycles. The number of aliphatic hydroxyl groups excluding tert-OH is 1. The maximum Gasteiger partial charge on any atom is 0.254 e. The average Bonchev–Trinajstić information content (AvgIpc) is 3.06. The third-order valence-electron chi connectivity index (χ3n) is 6.85. The Labute approximate surface area is 168 Å². The summed E-state index contributed by atoms with van der Waals surface area (Å²) in [5.74, 6) is 0.546. The SMILES string of the molecule is O=C(N1CCCC2(CCc3c2nc(-c2cccnc2)[nH]c3=O)C1)C1(CO)CNC1. The van der Waals surface area contributed by atoms with Gasteiger partial charge in [0.2, 0.25) is 5.91 Å². The highest BCUT2D eigenvalue weighted by atomic mass is 16.3. The maximum absolute atomic E-state index is 13.2. The van der Waals surface area contributed by atoms with E-state index >= 15 is 0 Å². The Bertz CT molecular complexity index is 996. The van der Waals surface area contributed by atoms with Gasteiger partial charge in [-0.1, -0.05) is 0 Å². The maximum atomic E-state index is 13.2. The molecular formula is C21H25N5O3. The minimum Gasteiger partial charge on any atom is -0.395 e. The van der Waals surface area contributed by atoms with Gasteiger partial charge in [0.15, 0.2) is 0 Å². The Morgan fingerprint density at radius 2 is 2.17 bits per heavy atom. The number of fused-ring (bicyclic) bond motifs is 2. The number of carbonyl (C=O) groups excluding carboxylic acids is 1. The molecule has 1 spiro atoms. The number of aliphatic hydroxyl groups is 1. The first-order valence-electron chi connectivity index (χ1n) is 10.2. The summed E-state index contributed by atoms with van der Waals surface area (Å²) >= 11 is 0. The summed E-state index contributed by atoms with van der Waals surface area (Å²) in [7, 11) is 0. The van der Waals surface area contributed by atoms with E-state index in [4.69, 9.17) is 4.98 Å². The first kappa shape index (κ1) is 18.4. The average molecular weight is 395 g/mol. The van der Waals surface area contributed by atoms with Crippen molar-refractivity contribution in [1.82, 2.24) is 25.2 Å². The largest absolute Gasteiger partial charge is 0.395 e. The van der Waals surface area contributed by atoms with Crippen LogP contribution in [-0.2, 0) is 16.6 Å². The van der Waals surface area contributed by atoms with Crippen LogP contribution in [0.1, 0.15) is 30.5 Å². The van der Waals surface area contributed by atoms with E-state index in [1.54, 1.807) is 12.4 Å². The van der Waals surface area contributed by atoms with Crippen LogP contribution in [0.3, 0.4) is 0 Å². The number of aromatic nitrogens is 3. The molecule has 0 saturated carbocycles. The van der Waals surface area contributed by atoms with Crippen molar-refractivity contribution < 1.29 is 9.90 Å². The minimum absolute atomic E-state index is 0.0172. The summed E-state index contributed by atoms with van der Waals surface area (Å²) in [6.45, 7) is 2.15. The number of nitrogens with one attached hydrogen (secondary N) is 2. The fraction of sp³-hybridized carbons (Fsp3) is 0.524. The Morgan fingerprint density at radius 3 is 2.86 bits per heavy atom. The Morgan fingerprint density at radius 1 is 1.31 bits per heavy atom. The zero-order valence-corrected chi connectivity index (χ0v) is 16.3. The van der Waals surface area contributed by atoms with Crippen LogP contribution in [0.5, 0.6) is 0 Å². The number of rotatable bonds is 3.